The second kappa shape index (κ2) is 9.15. The first kappa shape index (κ1) is 22.3. The predicted octanol–water partition coefficient (Wildman–Crippen LogP) is 3.00. The lowest BCUT2D eigenvalue weighted by atomic mass is 10.2. The maximum atomic E-state index is 13.2. The molecule has 3 rings (SSSR count). The summed E-state index contributed by atoms with van der Waals surface area (Å²) < 4.78 is 31.5. The van der Waals surface area contributed by atoms with Gasteiger partial charge in [0.15, 0.2) is 5.17 Å². The monoisotopic (exact) mass is 448 g/mol. The van der Waals surface area contributed by atoms with E-state index >= 15 is 0 Å². The average Bonchev–Trinajstić information content (AvgIpc) is 3.08. The van der Waals surface area contributed by atoms with Crippen LogP contribution in [0.4, 0.5) is 5.69 Å². The zero-order valence-corrected chi connectivity index (χ0v) is 18.9. The molecule has 2 heterocycles. The van der Waals surface area contributed by atoms with Crippen molar-refractivity contribution in [3.8, 4) is 5.88 Å². The summed E-state index contributed by atoms with van der Waals surface area (Å²) in [4.78, 5) is 23.7. The second-order valence-corrected chi connectivity index (χ2v) is 10.4. The number of carbonyl (C=O) groups is 1. The number of amidine groups is 1. The number of hydrogen-bond donors (Lipinski definition) is 0. The maximum absolute atomic E-state index is 13.2. The summed E-state index contributed by atoms with van der Waals surface area (Å²) in [6.07, 6.45) is 1.58. The molecule has 1 saturated heterocycles. The highest BCUT2D eigenvalue weighted by Crippen LogP contribution is 2.31. The molecule has 1 aliphatic heterocycles. The number of sulfonamides is 1. The number of carbonyl (C=O) groups excluding carboxylic acids is 1. The largest absolute Gasteiger partial charge is 0.477 e. The minimum Gasteiger partial charge on any atom is -0.477 e. The number of aliphatic imine (C=N–C) groups is 1. The number of pyridine rings is 1. The standard InChI is InChI=1S/C20H24N4O4S2/c1-5-28-18-17(10-7-11-21-18)19(25)24-13-14(2)29-20(24)22-15-8-6-9-16(12-15)30(26,27)23(3)4/h6-12,14H,5,13H2,1-4H3. The van der Waals surface area contributed by atoms with E-state index in [-0.39, 0.29) is 21.9 Å². The number of hydrogen-bond acceptors (Lipinski definition) is 7. The van der Waals surface area contributed by atoms with Gasteiger partial charge in [-0.3, -0.25) is 9.69 Å². The molecule has 10 heteroatoms. The van der Waals surface area contributed by atoms with Gasteiger partial charge in [-0.2, -0.15) is 0 Å². The summed E-state index contributed by atoms with van der Waals surface area (Å²) in [7, 11) is -0.619. The van der Waals surface area contributed by atoms with E-state index < -0.39 is 10.0 Å². The molecule has 1 aliphatic rings. The van der Waals surface area contributed by atoms with Crippen molar-refractivity contribution in [2.45, 2.75) is 24.0 Å². The lowest BCUT2D eigenvalue weighted by Gasteiger charge is -2.17. The first-order chi connectivity index (χ1) is 14.2. The molecular formula is C20H24N4O4S2. The highest BCUT2D eigenvalue weighted by Gasteiger charge is 2.33. The van der Waals surface area contributed by atoms with Crippen LogP contribution < -0.4 is 4.74 Å². The quantitative estimate of drug-likeness (QED) is 0.675. The number of nitrogens with zero attached hydrogens (tertiary/aromatic N) is 4. The van der Waals surface area contributed by atoms with Gasteiger partial charge in [-0.1, -0.05) is 24.8 Å². The predicted molar refractivity (Wildman–Crippen MR) is 118 cm³/mol. The molecule has 0 N–H and O–H groups in total. The number of aromatic nitrogens is 1. The number of amides is 1. The Morgan fingerprint density at radius 1 is 1.33 bits per heavy atom. The molecule has 1 aromatic heterocycles. The molecule has 160 valence electrons. The van der Waals surface area contributed by atoms with Crippen LogP contribution in [-0.2, 0) is 10.0 Å². The molecule has 1 unspecified atom stereocenters. The zero-order chi connectivity index (χ0) is 21.9. The number of rotatable bonds is 6. The Morgan fingerprint density at radius 3 is 2.80 bits per heavy atom. The average molecular weight is 449 g/mol. The van der Waals surface area contributed by atoms with Crippen LogP contribution in [0.1, 0.15) is 24.2 Å². The van der Waals surface area contributed by atoms with Gasteiger partial charge in [0.1, 0.15) is 5.56 Å². The molecule has 0 saturated carbocycles. The molecule has 30 heavy (non-hydrogen) atoms. The Bertz CT molecular complexity index is 1070. The van der Waals surface area contributed by atoms with Crippen LogP contribution in [0.25, 0.3) is 0 Å². The van der Waals surface area contributed by atoms with Crippen molar-refractivity contribution in [1.29, 1.82) is 0 Å². The number of thioether (sulfide) groups is 1. The van der Waals surface area contributed by atoms with E-state index in [1.807, 2.05) is 13.8 Å². The lowest BCUT2D eigenvalue weighted by Crippen LogP contribution is -2.33. The minimum absolute atomic E-state index is 0.147. The van der Waals surface area contributed by atoms with Crippen LogP contribution in [0.5, 0.6) is 5.88 Å². The van der Waals surface area contributed by atoms with E-state index in [4.69, 9.17) is 4.74 Å². The van der Waals surface area contributed by atoms with Crippen molar-refractivity contribution in [3.63, 3.8) is 0 Å². The molecular weight excluding hydrogens is 424 g/mol. The van der Waals surface area contributed by atoms with Crippen molar-refractivity contribution >= 4 is 38.5 Å². The third-order valence-electron chi connectivity index (χ3n) is 4.33. The molecule has 8 nitrogen and oxygen atoms in total. The fourth-order valence-electron chi connectivity index (χ4n) is 2.86. The van der Waals surface area contributed by atoms with Crippen molar-refractivity contribution in [2.24, 2.45) is 4.99 Å². The summed E-state index contributed by atoms with van der Waals surface area (Å²) in [6, 6.07) is 9.74. The van der Waals surface area contributed by atoms with Crippen molar-refractivity contribution in [3.05, 3.63) is 48.2 Å². The molecule has 1 aromatic carbocycles. The van der Waals surface area contributed by atoms with E-state index in [9.17, 15) is 13.2 Å². The van der Waals surface area contributed by atoms with Gasteiger partial charge < -0.3 is 4.74 Å². The summed E-state index contributed by atoms with van der Waals surface area (Å²) in [5, 5.41) is 0.659. The van der Waals surface area contributed by atoms with Crippen LogP contribution in [0.2, 0.25) is 0 Å². The minimum atomic E-state index is -3.58. The fourth-order valence-corrected chi connectivity index (χ4v) is 4.83. The van der Waals surface area contributed by atoms with Gasteiger partial charge in [0.2, 0.25) is 15.9 Å². The molecule has 0 aliphatic carbocycles. The molecule has 1 fully saturated rings. The lowest BCUT2D eigenvalue weighted by molar-refractivity contribution is 0.0850. The first-order valence-corrected chi connectivity index (χ1v) is 11.7. The molecule has 0 radical (unpaired) electrons. The smallest absolute Gasteiger partial charge is 0.265 e. The molecule has 1 amide bonds. The highest BCUT2D eigenvalue weighted by atomic mass is 32.2. The van der Waals surface area contributed by atoms with Gasteiger partial charge >= 0.3 is 0 Å². The Kier molecular flexibility index (Phi) is 6.79. The SMILES string of the molecule is CCOc1ncccc1C(=O)N1CC(C)SC1=Nc1cccc(S(=O)(=O)N(C)C)c1. The second-order valence-electron chi connectivity index (χ2n) is 6.81. The third kappa shape index (κ3) is 4.66. The summed E-state index contributed by atoms with van der Waals surface area (Å²) in [5.41, 5.74) is 0.828. The van der Waals surface area contributed by atoms with Gasteiger partial charge in [0.05, 0.1) is 17.2 Å². The molecule has 0 spiro atoms. The Morgan fingerprint density at radius 2 is 2.10 bits per heavy atom. The van der Waals surface area contributed by atoms with E-state index in [0.29, 0.717) is 29.6 Å². The van der Waals surface area contributed by atoms with Gasteiger partial charge in [-0.05, 0) is 37.3 Å². The van der Waals surface area contributed by atoms with Crippen molar-refractivity contribution in [1.82, 2.24) is 14.2 Å². The van der Waals surface area contributed by atoms with Crippen molar-refractivity contribution in [2.75, 3.05) is 27.2 Å². The Balaban J connectivity index is 1.96. The summed E-state index contributed by atoms with van der Waals surface area (Å²) in [6.45, 7) is 4.72. The number of benzene rings is 1. The number of ether oxygens (including phenoxy) is 1. The van der Waals surface area contributed by atoms with Crippen LogP contribution in [0.15, 0.2) is 52.5 Å². The Labute approximate surface area is 181 Å². The highest BCUT2D eigenvalue weighted by molar-refractivity contribution is 8.14. The molecule has 2 aromatic rings. The van der Waals surface area contributed by atoms with Crippen LogP contribution in [-0.4, -0.2) is 66.2 Å². The van der Waals surface area contributed by atoms with Gasteiger partial charge in [-0.15, -0.1) is 0 Å². The van der Waals surface area contributed by atoms with E-state index in [1.54, 1.807) is 35.4 Å². The zero-order valence-electron chi connectivity index (χ0n) is 17.3. The van der Waals surface area contributed by atoms with E-state index in [0.717, 1.165) is 4.31 Å². The maximum Gasteiger partial charge on any atom is 0.265 e. The molecule has 1 atom stereocenters. The first-order valence-electron chi connectivity index (χ1n) is 9.41. The normalized spacial score (nSPS) is 18.2. The molecule has 0 bridgehead atoms. The van der Waals surface area contributed by atoms with Gasteiger partial charge in [0, 0.05) is 32.1 Å². The van der Waals surface area contributed by atoms with Gasteiger partial charge in [0.25, 0.3) is 5.91 Å². The van der Waals surface area contributed by atoms with Crippen molar-refractivity contribution < 1.29 is 17.9 Å². The van der Waals surface area contributed by atoms with Crippen LogP contribution in [0, 0.1) is 0 Å². The van der Waals surface area contributed by atoms with Crippen LogP contribution in [0.3, 0.4) is 0 Å². The topological polar surface area (TPSA) is 92.2 Å². The summed E-state index contributed by atoms with van der Waals surface area (Å²) >= 11 is 1.46. The van der Waals surface area contributed by atoms with E-state index in [1.165, 1.54) is 38.0 Å². The van der Waals surface area contributed by atoms with E-state index in [2.05, 4.69) is 9.98 Å². The third-order valence-corrected chi connectivity index (χ3v) is 7.21. The van der Waals surface area contributed by atoms with Crippen LogP contribution >= 0.6 is 11.8 Å². The fraction of sp³-hybridized carbons (Fsp3) is 0.350. The summed E-state index contributed by atoms with van der Waals surface area (Å²) in [5.74, 6) is 0.0344. The Hall–Kier alpha value is -2.43. The van der Waals surface area contributed by atoms with Gasteiger partial charge in [-0.25, -0.2) is 22.7 Å².